The highest BCUT2D eigenvalue weighted by atomic mass is 16.5. The van der Waals surface area contributed by atoms with Crippen LogP contribution in [0.25, 0.3) is 0 Å². The molecule has 0 spiro atoms. The average molecular weight is 273 g/mol. The minimum Gasteiger partial charge on any atom is -0.493 e. The fourth-order valence-electron chi connectivity index (χ4n) is 3.39. The van der Waals surface area contributed by atoms with Gasteiger partial charge in [0.05, 0.1) is 12.6 Å². The Bertz CT molecular complexity index is 466. The summed E-state index contributed by atoms with van der Waals surface area (Å²) in [5, 5.41) is 3.18. The Morgan fingerprint density at radius 2 is 2.00 bits per heavy atom. The van der Waals surface area contributed by atoms with Gasteiger partial charge in [-0.15, -0.1) is 0 Å². The van der Waals surface area contributed by atoms with Crippen molar-refractivity contribution < 1.29 is 9.53 Å². The van der Waals surface area contributed by atoms with Gasteiger partial charge in [0.1, 0.15) is 5.75 Å². The van der Waals surface area contributed by atoms with E-state index in [-0.39, 0.29) is 11.9 Å². The maximum atomic E-state index is 12.1. The molecule has 1 aliphatic heterocycles. The maximum absolute atomic E-state index is 12.1. The number of carbonyl (C=O) groups excluding carboxylic acids is 1. The van der Waals surface area contributed by atoms with Crippen LogP contribution in [0.15, 0.2) is 24.3 Å². The van der Waals surface area contributed by atoms with Crippen LogP contribution in [0.1, 0.15) is 56.6 Å². The zero-order chi connectivity index (χ0) is 13.8. The van der Waals surface area contributed by atoms with Crippen molar-refractivity contribution >= 4 is 5.91 Å². The molecular formula is C17H23NO2. The van der Waals surface area contributed by atoms with Gasteiger partial charge in [0.25, 0.3) is 0 Å². The van der Waals surface area contributed by atoms with E-state index in [1.54, 1.807) is 0 Å². The van der Waals surface area contributed by atoms with Crippen LogP contribution in [-0.2, 0) is 4.79 Å². The fourth-order valence-corrected chi connectivity index (χ4v) is 3.39. The molecule has 0 bridgehead atoms. The van der Waals surface area contributed by atoms with Crippen molar-refractivity contribution in [3.63, 3.8) is 0 Å². The topological polar surface area (TPSA) is 38.3 Å². The standard InChI is InChI=1S/C17H23NO2/c19-17(10-9-13-5-1-2-6-13)18-15-11-12-20-16-8-4-3-7-14(15)16/h3-4,7-8,13,15H,1-2,5-6,9-12H2,(H,18,19)/t15-/m1/s1. The van der Waals surface area contributed by atoms with Crippen LogP contribution in [0, 0.1) is 5.92 Å². The molecule has 0 radical (unpaired) electrons. The number of amides is 1. The molecule has 1 heterocycles. The normalized spacial score (nSPS) is 22.1. The summed E-state index contributed by atoms with van der Waals surface area (Å²) >= 11 is 0. The van der Waals surface area contributed by atoms with Crippen LogP contribution in [0.5, 0.6) is 5.75 Å². The van der Waals surface area contributed by atoms with Gasteiger partial charge in [0.2, 0.25) is 5.91 Å². The molecule has 1 atom stereocenters. The number of benzene rings is 1. The Kier molecular flexibility index (Phi) is 4.24. The van der Waals surface area contributed by atoms with Crippen molar-refractivity contribution in [3.05, 3.63) is 29.8 Å². The van der Waals surface area contributed by atoms with E-state index in [2.05, 4.69) is 11.4 Å². The Labute approximate surface area is 120 Å². The minimum atomic E-state index is 0.121. The molecule has 0 saturated heterocycles. The van der Waals surface area contributed by atoms with Crippen molar-refractivity contribution in [3.8, 4) is 5.75 Å². The van der Waals surface area contributed by atoms with Crippen molar-refractivity contribution in [2.45, 2.75) is 51.0 Å². The largest absolute Gasteiger partial charge is 0.493 e. The van der Waals surface area contributed by atoms with E-state index in [9.17, 15) is 4.79 Å². The third-order valence-electron chi connectivity index (χ3n) is 4.55. The second-order valence-electron chi connectivity index (χ2n) is 5.98. The zero-order valence-corrected chi connectivity index (χ0v) is 11.9. The minimum absolute atomic E-state index is 0.121. The zero-order valence-electron chi connectivity index (χ0n) is 11.9. The molecular weight excluding hydrogens is 250 g/mol. The van der Waals surface area contributed by atoms with Crippen LogP contribution in [0.2, 0.25) is 0 Å². The van der Waals surface area contributed by atoms with E-state index in [0.29, 0.717) is 13.0 Å². The lowest BCUT2D eigenvalue weighted by Gasteiger charge is -2.26. The Morgan fingerprint density at radius 1 is 1.20 bits per heavy atom. The van der Waals surface area contributed by atoms with Crippen molar-refractivity contribution in [2.75, 3.05) is 6.61 Å². The van der Waals surface area contributed by atoms with Gasteiger partial charge in [0.15, 0.2) is 0 Å². The number of ether oxygens (including phenoxy) is 1. The predicted octanol–water partition coefficient (Wildman–Crippen LogP) is 3.60. The Hall–Kier alpha value is -1.51. The van der Waals surface area contributed by atoms with Gasteiger partial charge in [-0.1, -0.05) is 43.9 Å². The van der Waals surface area contributed by atoms with Crippen LogP contribution < -0.4 is 10.1 Å². The molecule has 108 valence electrons. The van der Waals surface area contributed by atoms with E-state index in [1.807, 2.05) is 18.2 Å². The molecule has 3 nitrogen and oxygen atoms in total. The molecule has 0 unspecified atom stereocenters. The highest BCUT2D eigenvalue weighted by molar-refractivity contribution is 5.76. The number of fused-ring (bicyclic) bond motifs is 1. The molecule has 1 saturated carbocycles. The van der Waals surface area contributed by atoms with Gasteiger partial charge in [0, 0.05) is 18.4 Å². The predicted molar refractivity (Wildman–Crippen MR) is 78.6 cm³/mol. The first-order valence-electron chi connectivity index (χ1n) is 7.84. The highest BCUT2D eigenvalue weighted by Crippen LogP contribution is 2.32. The smallest absolute Gasteiger partial charge is 0.220 e. The number of para-hydroxylation sites is 1. The van der Waals surface area contributed by atoms with Crippen LogP contribution in [-0.4, -0.2) is 12.5 Å². The van der Waals surface area contributed by atoms with Crippen LogP contribution in [0.3, 0.4) is 0 Å². The fraction of sp³-hybridized carbons (Fsp3) is 0.588. The third-order valence-corrected chi connectivity index (χ3v) is 4.55. The van der Waals surface area contributed by atoms with Crippen LogP contribution in [0.4, 0.5) is 0 Å². The summed E-state index contributed by atoms with van der Waals surface area (Å²) in [4.78, 5) is 12.1. The second-order valence-corrected chi connectivity index (χ2v) is 5.98. The summed E-state index contributed by atoms with van der Waals surface area (Å²) in [7, 11) is 0. The Balaban J connectivity index is 1.54. The summed E-state index contributed by atoms with van der Waals surface area (Å²) < 4.78 is 5.63. The quantitative estimate of drug-likeness (QED) is 0.910. The lowest BCUT2D eigenvalue weighted by molar-refractivity contribution is -0.122. The van der Waals surface area contributed by atoms with Gasteiger partial charge in [-0.3, -0.25) is 4.79 Å². The lowest BCUT2D eigenvalue weighted by Crippen LogP contribution is -2.32. The molecule has 0 aromatic heterocycles. The third kappa shape index (κ3) is 3.14. The van der Waals surface area contributed by atoms with E-state index in [4.69, 9.17) is 4.74 Å². The maximum Gasteiger partial charge on any atom is 0.220 e. The van der Waals surface area contributed by atoms with Crippen LogP contribution >= 0.6 is 0 Å². The molecule has 3 heteroatoms. The molecule has 1 aliphatic carbocycles. The highest BCUT2D eigenvalue weighted by Gasteiger charge is 2.23. The molecule has 20 heavy (non-hydrogen) atoms. The van der Waals surface area contributed by atoms with Crippen molar-refractivity contribution in [1.29, 1.82) is 0 Å². The second kappa shape index (κ2) is 6.29. The summed E-state index contributed by atoms with van der Waals surface area (Å²) in [6.07, 6.45) is 7.91. The van der Waals surface area contributed by atoms with E-state index in [1.165, 1.54) is 25.7 Å². The number of nitrogens with one attached hydrogen (secondary N) is 1. The molecule has 1 N–H and O–H groups in total. The summed E-state index contributed by atoms with van der Waals surface area (Å²) in [5.41, 5.74) is 1.12. The van der Waals surface area contributed by atoms with E-state index < -0.39 is 0 Å². The first-order chi connectivity index (χ1) is 9.83. The van der Waals surface area contributed by atoms with E-state index >= 15 is 0 Å². The van der Waals surface area contributed by atoms with Crippen molar-refractivity contribution in [1.82, 2.24) is 5.32 Å². The molecule has 1 aromatic rings. The van der Waals surface area contributed by atoms with E-state index in [0.717, 1.165) is 30.1 Å². The van der Waals surface area contributed by atoms with Gasteiger partial charge < -0.3 is 10.1 Å². The monoisotopic (exact) mass is 273 g/mol. The molecule has 1 amide bonds. The van der Waals surface area contributed by atoms with Gasteiger partial charge in [-0.25, -0.2) is 0 Å². The van der Waals surface area contributed by atoms with Gasteiger partial charge in [-0.05, 0) is 18.4 Å². The summed E-state index contributed by atoms with van der Waals surface area (Å²) in [6.45, 7) is 0.685. The summed E-state index contributed by atoms with van der Waals surface area (Å²) in [5.74, 6) is 1.89. The van der Waals surface area contributed by atoms with Gasteiger partial charge >= 0.3 is 0 Å². The average Bonchev–Trinajstić information content (AvgIpc) is 2.99. The Morgan fingerprint density at radius 3 is 2.85 bits per heavy atom. The molecule has 1 fully saturated rings. The summed E-state index contributed by atoms with van der Waals surface area (Å²) in [6, 6.07) is 8.13. The molecule has 3 rings (SSSR count). The number of carbonyl (C=O) groups is 1. The number of rotatable bonds is 4. The SMILES string of the molecule is O=C(CCC1CCCC1)N[C@@H]1CCOc2ccccc21. The van der Waals surface area contributed by atoms with Crippen molar-refractivity contribution in [2.24, 2.45) is 5.92 Å². The number of hydrogen-bond acceptors (Lipinski definition) is 2. The first kappa shape index (κ1) is 13.5. The molecule has 1 aromatic carbocycles. The molecule has 2 aliphatic rings. The first-order valence-corrected chi connectivity index (χ1v) is 7.84. The van der Waals surface area contributed by atoms with Gasteiger partial charge in [-0.2, -0.15) is 0 Å². The lowest BCUT2D eigenvalue weighted by atomic mass is 9.99. The number of hydrogen-bond donors (Lipinski definition) is 1.